The number of hydrogen-bond acceptors (Lipinski definition) is 9. The van der Waals surface area contributed by atoms with E-state index in [0.29, 0.717) is 34.9 Å². The van der Waals surface area contributed by atoms with Crippen molar-refractivity contribution in [1.82, 2.24) is 19.5 Å². The maximum atomic E-state index is 12.6. The number of aliphatic hydroxyl groups excluding tert-OH is 1. The third-order valence-electron chi connectivity index (χ3n) is 4.94. The summed E-state index contributed by atoms with van der Waals surface area (Å²) in [6.45, 7) is 6.31. The smallest absolute Gasteiger partial charge is 0.256 e. The SMILES string of the molecule is CC(C)(C)SSCO[C@@H]1C[C@H](n2cnc3c(NC(=O)c4ccccc4)ncnc32)O[C@@H]1CO. The lowest BCUT2D eigenvalue weighted by Gasteiger charge is -2.19. The van der Waals surface area contributed by atoms with Crippen LogP contribution in [0.5, 0.6) is 0 Å². The van der Waals surface area contributed by atoms with Crippen molar-refractivity contribution in [3.05, 3.63) is 48.5 Å². The van der Waals surface area contributed by atoms with E-state index in [-0.39, 0.29) is 23.4 Å². The number of hydrogen-bond donors (Lipinski definition) is 2. The van der Waals surface area contributed by atoms with Gasteiger partial charge < -0.3 is 19.9 Å². The summed E-state index contributed by atoms with van der Waals surface area (Å²) in [7, 11) is 3.40. The van der Waals surface area contributed by atoms with Gasteiger partial charge in [-0.05, 0) is 12.1 Å². The van der Waals surface area contributed by atoms with Crippen LogP contribution < -0.4 is 5.32 Å². The third-order valence-corrected chi connectivity index (χ3v) is 7.93. The Labute approximate surface area is 200 Å². The first-order chi connectivity index (χ1) is 15.9. The van der Waals surface area contributed by atoms with E-state index < -0.39 is 12.3 Å². The topological polar surface area (TPSA) is 111 Å². The fraction of sp³-hybridized carbons (Fsp3) is 0.455. The van der Waals surface area contributed by atoms with Gasteiger partial charge in [0.1, 0.15) is 24.6 Å². The van der Waals surface area contributed by atoms with Crippen LogP contribution in [0.25, 0.3) is 11.2 Å². The number of amides is 1. The van der Waals surface area contributed by atoms with Gasteiger partial charge in [-0.15, -0.1) is 0 Å². The lowest BCUT2D eigenvalue weighted by molar-refractivity contribution is -0.0532. The van der Waals surface area contributed by atoms with Crippen LogP contribution in [0.1, 0.15) is 43.8 Å². The highest BCUT2D eigenvalue weighted by molar-refractivity contribution is 8.77. The van der Waals surface area contributed by atoms with E-state index in [1.54, 1.807) is 56.7 Å². The fourth-order valence-corrected chi connectivity index (χ4v) is 5.45. The average Bonchev–Trinajstić information content (AvgIpc) is 3.41. The molecule has 9 nitrogen and oxygen atoms in total. The van der Waals surface area contributed by atoms with Gasteiger partial charge in [0.2, 0.25) is 0 Å². The van der Waals surface area contributed by atoms with E-state index in [1.807, 2.05) is 6.07 Å². The number of benzene rings is 1. The number of carbonyl (C=O) groups excluding carboxylic acids is 1. The van der Waals surface area contributed by atoms with E-state index in [1.165, 1.54) is 6.33 Å². The van der Waals surface area contributed by atoms with Gasteiger partial charge in [0, 0.05) is 16.7 Å². The van der Waals surface area contributed by atoms with Gasteiger partial charge in [-0.1, -0.05) is 60.6 Å². The number of fused-ring (bicyclic) bond motifs is 1. The van der Waals surface area contributed by atoms with Crippen LogP contribution in [0.3, 0.4) is 0 Å². The molecule has 2 N–H and O–H groups in total. The summed E-state index contributed by atoms with van der Waals surface area (Å²) in [4.78, 5) is 25.5. The largest absolute Gasteiger partial charge is 0.394 e. The first kappa shape index (κ1) is 24.0. The second-order valence-electron chi connectivity index (χ2n) is 8.55. The van der Waals surface area contributed by atoms with Gasteiger partial charge in [-0.3, -0.25) is 9.36 Å². The molecule has 0 spiro atoms. The molecule has 0 unspecified atom stereocenters. The summed E-state index contributed by atoms with van der Waals surface area (Å²) in [6, 6.07) is 8.90. The Balaban J connectivity index is 1.46. The van der Waals surface area contributed by atoms with E-state index in [4.69, 9.17) is 9.47 Å². The molecule has 1 aromatic carbocycles. The molecular formula is C22H27N5O4S2. The van der Waals surface area contributed by atoms with Gasteiger partial charge in [-0.2, -0.15) is 0 Å². The number of nitrogens with one attached hydrogen (secondary N) is 1. The van der Waals surface area contributed by atoms with Crippen molar-refractivity contribution in [2.45, 2.75) is 50.4 Å². The van der Waals surface area contributed by atoms with Gasteiger partial charge in [0.15, 0.2) is 17.0 Å². The Morgan fingerprint density at radius 2 is 2.06 bits per heavy atom. The van der Waals surface area contributed by atoms with Gasteiger partial charge in [0.25, 0.3) is 5.91 Å². The van der Waals surface area contributed by atoms with Crippen LogP contribution in [0.2, 0.25) is 0 Å². The van der Waals surface area contributed by atoms with Crippen molar-refractivity contribution in [1.29, 1.82) is 0 Å². The van der Waals surface area contributed by atoms with Gasteiger partial charge >= 0.3 is 0 Å². The number of ether oxygens (including phenoxy) is 2. The van der Waals surface area contributed by atoms with Crippen LogP contribution in [0.4, 0.5) is 5.82 Å². The van der Waals surface area contributed by atoms with Crippen molar-refractivity contribution in [2.75, 3.05) is 17.9 Å². The molecule has 0 saturated carbocycles. The zero-order chi connectivity index (χ0) is 23.4. The van der Waals surface area contributed by atoms with Crippen LogP contribution in [-0.4, -0.2) is 60.0 Å². The van der Waals surface area contributed by atoms with E-state index in [9.17, 15) is 9.90 Å². The minimum Gasteiger partial charge on any atom is -0.394 e. The molecule has 0 aliphatic carbocycles. The minimum atomic E-state index is -0.438. The first-order valence-electron chi connectivity index (χ1n) is 10.6. The highest BCUT2D eigenvalue weighted by Gasteiger charge is 2.37. The fourth-order valence-electron chi connectivity index (χ4n) is 3.45. The molecule has 1 amide bonds. The Hall–Kier alpha value is -2.18. The third kappa shape index (κ3) is 5.85. The average molecular weight is 490 g/mol. The lowest BCUT2D eigenvalue weighted by atomic mass is 10.2. The molecule has 4 rings (SSSR count). The highest BCUT2D eigenvalue weighted by atomic mass is 33.1. The summed E-state index contributed by atoms with van der Waals surface area (Å²) < 4.78 is 14.0. The van der Waals surface area contributed by atoms with Crippen molar-refractivity contribution in [3.63, 3.8) is 0 Å². The van der Waals surface area contributed by atoms with Gasteiger partial charge in [-0.25, -0.2) is 15.0 Å². The Morgan fingerprint density at radius 3 is 2.79 bits per heavy atom. The number of nitrogens with zero attached hydrogens (tertiary/aromatic N) is 4. The van der Waals surface area contributed by atoms with Crippen LogP contribution in [0, 0.1) is 0 Å². The Bertz CT molecular complexity index is 1090. The zero-order valence-corrected chi connectivity index (χ0v) is 20.3. The summed E-state index contributed by atoms with van der Waals surface area (Å²) in [5, 5.41) is 12.6. The Morgan fingerprint density at radius 1 is 1.27 bits per heavy atom. The molecule has 1 fully saturated rings. The maximum absolute atomic E-state index is 12.6. The molecular weight excluding hydrogens is 462 g/mol. The first-order valence-corrected chi connectivity index (χ1v) is 12.9. The normalized spacial score (nSPS) is 20.9. The number of rotatable bonds is 8. The predicted molar refractivity (Wildman–Crippen MR) is 130 cm³/mol. The molecule has 3 heterocycles. The molecule has 2 aromatic heterocycles. The molecule has 1 aliphatic heterocycles. The van der Waals surface area contributed by atoms with Crippen molar-refractivity contribution in [3.8, 4) is 0 Å². The summed E-state index contributed by atoms with van der Waals surface area (Å²) in [5.41, 5.74) is 1.52. The molecule has 0 bridgehead atoms. The second-order valence-corrected chi connectivity index (χ2v) is 11.6. The number of aromatic nitrogens is 4. The van der Waals surface area contributed by atoms with E-state index >= 15 is 0 Å². The lowest BCUT2D eigenvalue weighted by Crippen LogP contribution is -2.27. The number of anilines is 1. The molecule has 11 heteroatoms. The number of carbonyl (C=O) groups is 1. The van der Waals surface area contributed by atoms with E-state index in [2.05, 4.69) is 41.0 Å². The standard InChI is InChI=1S/C22H27N5O4S2/c1-22(2,3)33-32-13-30-15-9-17(31-16(15)10-28)27-12-25-18-19(23-11-24-20(18)27)26-21(29)14-7-5-4-6-8-14/h4-8,11-12,15-17,28H,9-10,13H2,1-3H3,(H,23,24,26,29)/t15-,16-,17-/m1/s1. The summed E-state index contributed by atoms with van der Waals surface area (Å²) in [6.07, 6.45) is 2.46. The quantitative estimate of drug-likeness (QED) is 0.277. The van der Waals surface area contributed by atoms with Gasteiger partial charge in [0.05, 0.1) is 19.0 Å². The van der Waals surface area contributed by atoms with E-state index in [0.717, 1.165) is 0 Å². The summed E-state index contributed by atoms with van der Waals surface area (Å²) >= 11 is 0. The summed E-state index contributed by atoms with van der Waals surface area (Å²) in [5.74, 6) is 0.552. The number of aliphatic hydroxyl groups is 1. The van der Waals surface area contributed by atoms with Crippen molar-refractivity contribution < 1.29 is 19.4 Å². The van der Waals surface area contributed by atoms with Crippen LogP contribution >= 0.6 is 21.6 Å². The molecule has 33 heavy (non-hydrogen) atoms. The van der Waals surface area contributed by atoms with Crippen molar-refractivity contribution >= 4 is 44.5 Å². The molecule has 176 valence electrons. The molecule has 1 saturated heterocycles. The maximum Gasteiger partial charge on any atom is 0.256 e. The molecule has 3 atom stereocenters. The van der Waals surface area contributed by atoms with Crippen LogP contribution in [-0.2, 0) is 9.47 Å². The predicted octanol–water partition coefficient (Wildman–Crippen LogP) is 3.88. The number of imidazole rings is 1. The minimum absolute atomic E-state index is 0.141. The van der Waals surface area contributed by atoms with Crippen molar-refractivity contribution in [2.24, 2.45) is 0 Å². The highest BCUT2D eigenvalue weighted by Crippen LogP contribution is 2.37. The molecule has 1 aliphatic rings. The molecule has 3 aromatic rings. The molecule has 0 radical (unpaired) electrons. The second kappa shape index (κ2) is 10.4. The monoisotopic (exact) mass is 489 g/mol. The Kier molecular flexibility index (Phi) is 7.55. The van der Waals surface area contributed by atoms with Crippen LogP contribution in [0.15, 0.2) is 43.0 Å². The zero-order valence-electron chi connectivity index (χ0n) is 18.7.